The van der Waals surface area contributed by atoms with Gasteiger partial charge in [0.2, 0.25) is 0 Å². The van der Waals surface area contributed by atoms with E-state index in [0.717, 1.165) is 0 Å². The van der Waals surface area contributed by atoms with Crippen LogP contribution in [-0.2, 0) is 4.74 Å². The van der Waals surface area contributed by atoms with E-state index in [4.69, 9.17) is 4.74 Å². The fraction of sp³-hybridized carbons (Fsp3) is 0.933. The highest BCUT2D eigenvalue weighted by Crippen LogP contribution is 2.64. The molecule has 0 atom stereocenters. The second-order valence-corrected chi connectivity index (χ2v) is 8.42. The lowest BCUT2D eigenvalue weighted by molar-refractivity contribution is -0.194. The van der Waals surface area contributed by atoms with Gasteiger partial charge in [-0.15, -0.1) is 0 Å². The summed E-state index contributed by atoms with van der Waals surface area (Å²) in [5.74, 6) is 0. The molecule has 4 fully saturated rings. The minimum Gasteiger partial charge on any atom is -0.444 e. The van der Waals surface area contributed by atoms with Crippen molar-refractivity contribution >= 4 is 6.09 Å². The van der Waals surface area contributed by atoms with Crippen molar-refractivity contribution in [3.05, 3.63) is 0 Å². The molecule has 0 heterocycles. The van der Waals surface area contributed by atoms with Gasteiger partial charge in [0.25, 0.3) is 0 Å². The van der Waals surface area contributed by atoms with Gasteiger partial charge in [0.05, 0.1) is 5.54 Å². The molecule has 0 aromatic rings. The van der Waals surface area contributed by atoms with Crippen molar-refractivity contribution in [2.75, 3.05) is 0 Å². The van der Waals surface area contributed by atoms with Crippen molar-refractivity contribution in [2.45, 2.75) is 87.4 Å². The second-order valence-electron chi connectivity index (χ2n) is 8.42. The maximum atomic E-state index is 14.7. The first-order valence-corrected chi connectivity index (χ1v) is 7.42. The van der Waals surface area contributed by atoms with Gasteiger partial charge in [-0.05, 0) is 20.8 Å². The summed E-state index contributed by atoms with van der Waals surface area (Å²) in [5.41, 5.74) is -7.48. The molecule has 0 aliphatic heterocycles. The number of alkyl carbamates (subject to hydrolysis) is 1. The normalized spacial score (nSPS) is 48.3. The number of hydrogen-bond acceptors (Lipinski definition) is 2. The highest BCUT2D eigenvalue weighted by molar-refractivity contribution is 5.69. The van der Waals surface area contributed by atoms with E-state index < -0.39 is 34.2 Å². The third-order valence-corrected chi connectivity index (χ3v) is 4.63. The summed E-state index contributed by atoms with van der Waals surface area (Å²) in [5, 5.41) is 2.58. The summed E-state index contributed by atoms with van der Waals surface area (Å²) in [6, 6.07) is 0. The first kappa shape index (κ1) is 15.0. The molecule has 4 bridgehead atoms. The summed E-state index contributed by atoms with van der Waals surface area (Å²) in [6.45, 7) is 5.11. The van der Waals surface area contributed by atoms with Crippen LogP contribution in [0.3, 0.4) is 0 Å². The van der Waals surface area contributed by atoms with Crippen LogP contribution in [0.25, 0.3) is 0 Å². The average molecular weight is 305 g/mol. The van der Waals surface area contributed by atoms with Crippen LogP contribution in [0.1, 0.15) is 59.3 Å². The van der Waals surface area contributed by atoms with Gasteiger partial charge in [0, 0.05) is 38.5 Å². The molecule has 4 aliphatic carbocycles. The van der Waals surface area contributed by atoms with Gasteiger partial charge in [0.15, 0.2) is 0 Å². The smallest absolute Gasteiger partial charge is 0.408 e. The molecule has 0 spiro atoms. The molecule has 0 saturated heterocycles. The Hall–Kier alpha value is -0.940. The zero-order valence-corrected chi connectivity index (χ0v) is 12.7. The monoisotopic (exact) mass is 305 g/mol. The van der Waals surface area contributed by atoms with Gasteiger partial charge in [-0.2, -0.15) is 0 Å². The molecule has 21 heavy (non-hydrogen) atoms. The lowest BCUT2D eigenvalue weighted by Crippen LogP contribution is -2.72. The number of carbonyl (C=O) groups excluding carboxylic acids is 1. The topological polar surface area (TPSA) is 38.3 Å². The van der Waals surface area contributed by atoms with Crippen molar-refractivity contribution < 1.29 is 22.7 Å². The SMILES string of the molecule is CC(C)(C)OC(=O)NC12CC3(F)CC(F)(CC(F)(C3)C1)C2. The Morgan fingerprint density at radius 3 is 1.62 bits per heavy atom. The first-order chi connectivity index (χ1) is 9.34. The third-order valence-electron chi connectivity index (χ3n) is 4.63. The number of rotatable bonds is 1. The number of carbonyl (C=O) groups is 1. The number of ether oxygens (including phenoxy) is 1. The number of alkyl halides is 3. The number of halogens is 3. The van der Waals surface area contributed by atoms with E-state index in [9.17, 15) is 18.0 Å². The Bertz CT molecular complexity index is 434. The zero-order chi connectivity index (χ0) is 15.7. The van der Waals surface area contributed by atoms with Gasteiger partial charge in [-0.3, -0.25) is 0 Å². The Kier molecular flexibility index (Phi) is 2.76. The molecule has 120 valence electrons. The molecule has 4 rings (SSSR count). The van der Waals surface area contributed by atoms with Crippen LogP contribution >= 0.6 is 0 Å². The standard InChI is InChI=1S/C15H22F3NO2/c1-11(2,3)21-10(20)19-15-7-12(16)4-13(17,8-15)6-14(18,5-12)9-15/h4-9H2,1-3H3,(H,19,20). The molecule has 0 aromatic heterocycles. The number of hydrogen-bond donors (Lipinski definition) is 1. The van der Waals surface area contributed by atoms with Gasteiger partial charge in [-0.1, -0.05) is 0 Å². The highest BCUT2D eigenvalue weighted by Gasteiger charge is 2.71. The van der Waals surface area contributed by atoms with E-state index in [0.29, 0.717) is 0 Å². The number of nitrogens with one attached hydrogen (secondary N) is 1. The molecule has 4 saturated carbocycles. The van der Waals surface area contributed by atoms with Gasteiger partial charge < -0.3 is 10.1 Å². The summed E-state index contributed by atoms with van der Waals surface area (Å²) in [6.07, 6.45) is -1.61. The Balaban J connectivity index is 1.83. The molecule has 6 heteroatoms. The van der Waals surface area contributed by atoms with Crippen molar-refractivity contribution in [3.8, 4) is 0 Å². The Morgan fingerprint density at radius 1 is 0.905 bits per heavy atom. The zero-order valence-electron chi connectivity index (χ0n) is 12.7. The summed E-state index contributed by atoms with van der Waals surface area (Å²) >= 11 is 0. The van der Waals surface area contributed by atoms with E-state index in [1.807, 2.05) is 0 Å². The molecular formula is C15H22F3NO2. The third kappa shape index (κ3) is 2.73. The molecule has 1 N–H and O–H groups in total. The van der Waals surface area contributed by atoms with Crippen LogP contribution in [-0.4, -0.2) is 34.2 Å². The maximum Gasteiger partial charge on any atom is 0.408 e. The van der Waals surface area contributed by atoms with Crippen molar-refractivity contribution in [3.63, 3.8) is 0 Å². The van der Waals surface area contributed by atoms with Gasteiger partial charge in [0.1, 0.15) is 22.6 Å². The minimum atomic E-state index is -1.87. The summed E-state index contributed by atoms with van der Waals surface area (Å²) < 4.78 is 49.4. The minimum absolute atomic E-state index is 0.0312. The van der Waals surface area contributed by atoms with E-state index in [-0.39, 0.29) is 38.5 Å². The first-order valence-electron chi connectivity index (χ1n) is 7.42. The molecular weight excluding hydrogens is 283 g/mol. The molecule has 0 unspecified atom stereocenters. The van der Waals surface area contributed by atoms with Crippen LogP contribution in [0.4, 0.5) is 18.0 Å². The quantitative estimate of drug-likeness (QED) is 0.801. The number of amides is 1. The van der Waals surface area contributed by atoms with Crippen LogP contribution in [0.15, 0.2) is 0 Å². The largest absolute Gasteiger partial charge is 0.444 e. The van der Waals surface area contributed by atoms with Gasteiger partial charge >= 0.3 is 6.09 Å². The van der Waals surface area contributed by atoms with Crippen LogP contribution < -0.4 is 5.32 Å². The lowest BCUT2D eigenvalue weighted by atomic mass is 9.49. The average Bonchev–Trinajstić information content (AvgIpc) is 2.01. The summed E-state index contributed by atoms with van der Waals surface area (Å²) in [7, 11) is 0. The van der Waals surface area contributed by atoms with Crippen LogP contribution in [0, 0.1) is 0 Å². The Morgan fingerprint density at radius 2 is 1.29 bits per heavy atom. The highest BCUT2D eigenvalue weighted by atomic mass is 19.2. The lowest BCUT2D eigenvalue weighted by Gasteiger charge is -2.62. The van der Waals surface area contributed by atoms with E-state index in [1.165, 1.54) is 0 Å². The van der Waals surface area contributed by atoms with Crippen molar-refractivity contribution in [1.29, 1.82) is 0 Å². The van der Waals surface area contributed by atoms with Crippen molar-refractivity contribution in [2.24, 2.45) is 0 Å². The van der Waals surface area contributed by atoms with Crippen LogP contribution in [0.5, 0.6) is 0 Å². The molecule has 0 radical (unpaired) electrons. The Labute approximate surface area is 122 Å². The predicted molar refractivity (Wildman–Crippen MR) is 71.3 cm³/mol. The molecule has 4 aliphatic rings. The van der Waals surface area contributed by atoms with Gasteiger partial charge in [-0.25, -0.2) is 18.0 Å². The summed E-state index contributed by atoms with van der Waals surface area (Å²) in [4.78, 5) is 12.0. The van der Waals surface area contributed by atoms with E-state index >= 15 is 0 Å². The van der Waals surface area contributed by atoms with E-state index in [2.05, 4.69) is 5.32 Å². The molecule has 0 aromatic carbocycles. The fourth-order valence-corrected chi connectivity index (χ4v) is 4.93. The second kappa shape index (κ2) is 3.87. The predicted octanol–water partition coefficient (Wildman–Crippen LogP) is 3.76. The van der Waals surface area contributed by atoms with E-state index in [1.54, 1.807) is 20.8 Å². The van der Waals surface area contributed by atoms with Crippen molar-refractivity contribution in [1.82, 2.24) is 5.32 Å². The van der Waals surface area contributed by atoms with Crippen LogP contribution in [0.2, 0.25) is 0 Å². The fourth-order valence-electron chi connectivity index (χ4n) is 4.93. The maximum absolute atomic E-state index is 14.7. The molecule has 1 amide bonds. The molecule has 3 nitrogen and oxygen atoms in total.